The molecule has 1 aromatic carbocycles. The van der Waals surface area contributed by atoms with Gasteiger partial charge in [-0.1, -0.05) is 39.4 Å². The van der Waals surface area contributed by atoms with Crippen molar-refractivity contribution in [1.29, 1.82) is 0 Å². The van der Waals surface area contributed by atoms with Crippen molar-refractivity contribution in [2.45, 2.75) is 15.7 Å². The lowest BCUT2D eigenvalue weighted by Crippen LogP contribution is -3.00. The molecule has 0 saturated heterocycles. The maximum Gasteiger partial charge on any atom is 0.298 e. The molecule has 1 nitrogen and oxygen atoms in total. The lowest BCUT2D eigenvalue weighted by molar-refractivity contribution is -0.702. The molecular weight excluding hydrogens is 438 g/mol. The van der Waals surface area contributed by atoms with Crippen LogP contribution in [0.3, 0.4) is 0 Å². The first-order valence-electron chi connectivity index (χ1n) is 4.53. The number of benzene rings is 1. The average molecular weight is 448 g/mol. The first-order chi connectivity index (χ1) is 6.84. The second-order valence-electron chi connectivity index (χ2n) is 3.35. The lowest BCUT2D eigenvalue weighted by atomic mass is 10.3. The molecule has 3 rings (SSSR count). The summed E-state index contributed by atoms with van der Waals surface area (Å²) in [5.74, 6) is 1.19. The Hall–Kier alpha value is 0.900. The summed E-state index contributed by atoms with van der Waals surface area (Å²) >= 11 is 7.56. The van der Waals surface area contributed by atoms with Crippen LogP contribution in [0, 0.1) is 0 Å². The maximum absolute atomic E-state index is 3.69. The quantitative estimate of drug-likeness (QED) is 0.423. The van der Waals surface area contributed by atoms with Gasteiger partial charge in [0, 0.05) is 11.8 Å². The topological polar surface area (TPSA) is 3.88 Å². The van der Waals surface area contributed by atoms with Gasteiger partial charge in [0.2, 0.25) is 5.52 Å². The number of fused-ring (bicyclic) bond motifs is 3. The molecule has 1 atom stereocenters. The molecule has 6 heteroatoms. The number of halogens is 3. The van der Waals surface area contributed by atoms with Gasteiger partial charge in [0.05, 0.1) is 4.83 Å². The minimum Gasteiger partial charge on any atom is -1.00 e. The second kappa shape index (κ2) is 6.18. The molecule has 1 aromatic heterocycles. The molecule has 1 unspecified atom stereocenters. The molecule has 88 valence electrons. The monoisotopic (exact) mass is 445 g/mol. The largest absolute Gasteiger partial charge is 1.00 e. The summed E-state index contributed by atoms with van der Waals surface area (Å²) in [5.41, 5.74) is 1.38. The number of nitrogens with zero attached hydrogens (tertiary/aromatic N) is 1. The highest BCUT2D eigenvalue weighted by Gasteiger charge is 2.28. The van der Waals surface area contributed by atoms with Gasteiger partial charge in [0.1, 0.15) is 4.70 Å². The third-order valence-corrected chi connectivity index (χ3v) is 5.98. The number of hydrogen-bond acceptors (Lipinski definition) is 2. The summed E-state index contributed by atoms with van der Waals surface area (Å²) < 4.78 is 5.27. The first kappa shape index (κ1) is 15.0. The molecule has 16 heavy (non-hydrogen) atoms. The summed E-state index contributed by atoms with van der Waals surface area (Å²) in [6, 6.07) is 8.64. The number of para-hydroxylation sites is 1. The van der Waals surface area contributed by atoms with Crippen molar-refractivity contribution >= 4 is 66.2 Å². The number of aromatic nitrogens is 1. The van der Waals surface area contributed by atoms with Crippen LogP contribution >= 0.6 is 56.0 Å². The molecule has 2 aromatic rings. The highest BCUT2D eigenvalue weighted by atomic mass is 79.9. The Morgan fingerprint density at radius 1 is 1.31 bits per heavy atom. The molecule has 0 bridgehead atoms. The Kier molecular flexibility index (Phi) is 5.78. The molecule has 0 radical (unpaired) electrons. The zero-order chi connectivity index (χ0) is 9.54. The van der Waals surface area contributed by atoms with Gasteiger partial charge >= 0.3 is 0 Å². The zero-order valence-electron chi connectivity index (χ0n) is 8.23. The Labute approximate surface area is 132 Å². The Balaban J connectivity index is 0.000000640. The number of hydrogen-bond donors (Lipinski definition) is 0. The fourth-order valence-corrected chi connectivity index (χ4v) is 4.76. The van der Waals surface area contributed by atoms with Gasteiger partial charge < -0.3 is 17.0 Å². The van der Waals surface area contributed by atoms with Crippen LogP contribution in [-0.4, -0.2) is 10.6 Å². The molecule has 1 aliphatic heterocycles. The van der Waals surface area contributed by atoms with Crippen molar-refractivity contribution < 1.29 is 21.5 Å². The standard InChI is InChI=1S/C10H9BrNS2.2BrH/c11-7-5-12-8-3-1-2-4-9(8)14-10(12)13-6-7;;/h1-4,7H,5-6H2;2*1H/q+1;;/p-1. The molecule has 0 amide bonds. The van der Waals surface area contributed by atoms with Gasteiger partial charge in [-0.25, -0.2) is 0 Å². The minimum absolute atomic E-state index is 0. The number of rotatable bonds is 0. The molecule has 0 saturated carbocycles. The molecule has 0 fully saturated rings. The average Bonchev–Trinajstić information content (AvgIpc) is 2.56. The minimum atomic E-state index is 0. The van der Waals surface area contributed by atoms with Crippen molar-refractivity contribution in [3.05, 3.63) is 24.3 Å². The van der Waals surface area contributed by atoms with Crippen LogP contribution in [0.4, 0.5) is 0 Å². The van der Waals surface area contributed by atoms with E-state index < -0.39 is 0 Å². The highest BCUT2D eigenvalue weighted by molar-refractivity contribution is 9.09. The Morgan fingerprint density at radius 2 is 2.06 bits per heavy atom. The molecule has 2 heterocycles. The third-order valence-electron chi connectivity index (χ3n) is 2.34. The van der Waals surface area contributed by atoms with Crippen molar-refractivity contribution in [2.75, 3.05) is 5.75 Å². The first-order valence-corrected chi connectivity index (χ1v) is 7.24. The predicted molar refractivity (Wildman–Crippen MR) is 75.8 cm³/mol. The Morgan fingerprint density at radius 3 is 2.88 bits per heavy atom. The van der Waals surface area contributed by atoms with Gasteiger partial charge in [-0.2, -0.15) is 4.57 Å². The number of alkyl halides is 1. The summed E-state index contributed by atoms with van der Waals surface area (Å²) in [6.45, 7) is 1.10. The van der Waals surface area contributed by atoms with E-state index in [0.29, 0.717) is 4.83 Å². The van der Waals surface area contributed by atoms with Crippen molar-refractivity contribution in [3.63, 3.8) is 0 Å². The van der Waals surface area contributed by atoms with E-state index in [0.717, 1.165) is 6.54 Å². The van der Waals surface area contributed by atoms with Crippen LogP contribution in [0.5, 0.6) is 0 Å². The van der Waals surface area contributed by atoms with Crippen LogP contribution in [0.2, 0.25) is 0 Å². The smallest absolute Gasteiger partial charge is 0.298 e. The third kappa shape index (κ3) is 2.66. The molecule has 0 spiro atoms. The van der Waals surface area contributed by atoms with E-state index >= 15 is 0 Å². The van der Waals surface area contributed by atoms with Crippen LogP contribution in [0.1, 0.15) is 0 Å². The summed E-state index contributed by atoms with van der Waals surface area (Å²) in [5, 5.41) is 0. The van der Waals surface area contributed by atoms with Crippen LogP contribution in [0.15, 0.2) is 28.6 Å². The number of thiazole rings is 1. The SMILES string of the molecule is Br.BrC1CSc2sc3ccccc3[n+]2C1.[Br-]. The van der Waals surface area contributed by atoms with Gasteiger partial charge in [0.25, 0.3) is 4.34 Å². The summed E-state index contributed by atoms with van der Waals surface area (Å²) in [4.78, 5) is 0.614. The van der Waals surface area contributed by atoms with E-state index in [1.165, 1.54) is 20.3 Å². The summed E-state index contributed by atoms with van der Waals surface area (Å²) in [7, 11) is 0. The van der Waals surface area contributed by atoms with Crippen LogP contribution in [-0.2, 0) is 6.54 Å². The number of thioether (sulfide) groups is 1. The lowest BCUT2D eigenvalue weighted by Gasteiger charge is -2.10. The maximum atomic E-state index is 3.69. The van der Waals surface area contributed by atoms with Gasteiger partial charge in [0.15, 0.2) is 6.54 Å². The van der Waals surface area contributed by atoms with Gasteiger partial charge in [-0.3, -0.25) is 0 Å². The van der Waals surface area contributed by atoms with Crippen molar-refractivity contribution in [3.8, 4) is 0 Å². The van der Waals surface area contributed by atoms with E-state index in [2.05, 4.69) is 44.8 Å². The fourth-order valence-electron chi connectivity index (χ4n) is 1.71. The fraction of sp³-hybridized carbons (Fsp3) is 0.300. The molecule has 0 aliphatic carbocycles. The van der Waals surface area contributed by atoms with E-state index in [1.54, 1.807) is 0 Å². The van der Waals surface area contributed by atoms with Crippen molar-refractivity contribution in [2.24, 2.45) is 0 Å². The Bertz CT molecular complexity index is 486. The molecule has 0 N–H and O–H groups in total. The summed E-state index contributed by atoms with van der Waals surface area (Å²) in [6.07, 6.45) is 0. The van der Waals surface area contributed by atoms with Gasteiger partial charge in [-0.05, 0) is 17.8 Å². The van der Waals surface area contributed by atoms with Crippen LogP contribution < -0.4 is 21.5 Å². The highest BCUT2D eigenvalue weighted by Crippen LogP contribution is 2.32. The van der Waals surface area contributed by atoms with Gasteiger partial charge in [-0.15, -0.1) is 17.0 Å². The second-order valence-corrected chi connectivity index (χ2v) is 6.95. The zero-order valence-corrected chi connectivity index (χ0v) is 14.7. The van der Waals surface area contributed by atoms with E-state index in [9.17, 15) is 0 Å². The normalized spacial score (nSPS) is 18.4. The molecule has 1 aliphatic rings. The van der Waals surface area contributed by atoms with Crippen molar-refractivity contribution in [1.82, 2.24) is 0 Å². The van der Waals surface area contributed by atoms with E-state index in [1.807, 2.05) is 23.1 Å². The molecular formula is C10H10Br3NS2. The van der Waals surface area contributed by atoms with E-state index in [-0.39, 0.29) is 34.0 Å². The van der Waals surface area contributed by atoms with Crippen LogP contribution in [0.25, 0.3) is 10.2 Å². The van der Waals surface area contributed by atoms with E-state index in [4.69, 9.17) is 0 Å². The predicted octanol–water partition coefficient (Wildman–Crippen LogP) is 0.640.